The molecule has 142 valence electrons. The Hall–Kier alpha value is -1.14. The fourth-order valence-corrected chi connectivity index (χ4v) is 3.87. The molecular weight excluding hydrogens is 330 g/mol. The molecule has 0 radical (unpaired) electrons. The van der Waals surface area contributed by atoms with Crippen molar-refractivity contribution in [3.05, 3.63) is 16.1 Å². The highest BCUT2D eigenvalue weighted by atomic mass is 32.1. The first-order valence-electron chi connectivity index (χ1n) is 9.70. The summed E-state index contributed by atoms with van der Waals surface area (Å²) < 4.78 is 0. The molecule has 1 aliphatic heterocycles. The Morgan fingerprint density at radius 2 is 2.04 bits per heavy atom. The minimum atomic E-state index is 0.480. The van der Waals surface area contributed by atoms with Crippen LogP contribution in [0.4, 0.5) is 0 Å². The molecule has 1 aromatic rings. The summed E-state index contributed by atoms with van der Waals surface area (Å²) in [5, 5.41) is 10.1. The van der Waals surface area contributed by atoms with Crippen LogP contribution in [-0.2, 0) is 6.54 Å². The first-order chi connectivity index (χ1) is 12.0. The van der Waals surface area contributed by atoms with Crippen molar-refractivity contribution in [2.45, 2.75) is 66.0 Å². The second-order valence-electron chi connectivity index (χ2n) is 7.46. The quantitative estimate of drug-likeness (QED) is 0.574. The highest BCUT2D eigenvalue weighted by Gasteiger charge is 2.20. The fraction of sp³-hybridized carbons (Fsp3) is 0.789. The monoisotopic (exact) mass is 365 g/mol. The summed E-state index contributed by atoms with van der Waals surface area (Å²) in [5.41, 5.74) is 1.17. The Labute approximate surface area is 157 Å². The molecule has 0 spiro atoms. The van der Waals surface area contributed by atoms with Crippen LogP contribution in [0.15, 0.2) is 10.4 Å². The predicted molar refractivity (Wildman–Crippen MR) is 108 cm³/mol. The molecule has 0 bridgehead atoms. The van der Waals surface area contributed by atoms with E-state index < -0.39 is 0 Å². The summed E-state index contributed by atoms with van der Waals surface area (Å²) in [6.45, 7) is 16.0. The smallest absolute Gasteiger partial charge is 0.191 e. The van der Waals surface area contributed by atoms with Crippen LogP contribution in [-0.4, -0.2) is 48.1 Å². The zero-order valence-electron chi connectivity index (χ0n) is 16.5. The number of guanidine groups is 1. The summed E-state index contributed by atoms with van der Waals surface area (Å²) in [6.07, 6.45) is 2.64. The van der Waals surface area contributed by atoms with Gasteiger partial charge in [0, 0.05) is 24.5 Å². The fourth-order valence-electron chi connectivity index (χ4n) is 2.99. The maximum absolute atomic E-state index is 4.71. The van der Waals surface area contributed by atoms with E-state index in [9.17, 15) is 0 Å². The molecule has 1 aliphatic rings. The summed E-state index contributed by atoms with van der Waals surface area (Å²) in [5.74, 6) is 2.25. The van der Waals surface area contributed by atoms with Crippen molar-refractivity contribution in [3.8, 4) is 0 Å². The van der Waals surface area contributed by atoms with Gasteiger partial charge in [-0.2, -0.15) is 0 Å². The molecule has 0 saturated carbocycles. The summed E-state index contributed by atoms with van der Waals surface area (Å²) in [6, 6.07) is 0.531. The van der Waals surface area contributed by atoms with Gasteiger partial charge in [-0.15, -0.1) is 11.3 Å². The van der Waals surface area contributed by atoms with Crippen LogP contribution in [0.25, 0.3) is 0 Å². The van der Waals surface area contributed by atoms with Gasteiger partial charge in [0.1, 0.15) is 5.01 Å². The average Bonchev–Trinajstić information content (AvgIpc) is 3.07. The molecule has 1 saturated heterocycles. The molecule has 0 amide bonds. The first-order valence-corrected chi connectivity index (χ1v) is 10.6. The third-order valence-corrected chi connectivity index (χ3v) is 5.74. The Morgan fingerprint density at radius 3 is 2.64 bits per heavy atom. The minimum absolute atomic E-state index is 0.480. The van der Waals surface area contributed by atoms with Crippen LogP contribution in [0.3, 0.4) is 0 Å². The van der Waals surface area contributed by atoms with Crippen molar-refractivity contribution in [2.75, 3.05) is 26.2 Å². The third-order valence-electron chi connectivity index (χ3n) is 4.88. The highest BCUT2D eigenvalue weighted by molar-refractivity contribution is 7.09. The van der Waals surface area contributed by atoms with E-state index >= 15 is 0 Å². The number of aromatic nitrogens is 1. The average molecular weight is 366 g/mol. The van der Waals surface area contributed by atoms with E-state index in [1.54, 1.807) is 11.3 Å². The molecule has 1 fully saturated rings. The molecule has 5 nitrogen and oxygen atoms in total. The second-order valence-corrected chi connectivity index (χ2v) is 8.41. The molecule has 0 aliphatic carbocycles. The molecule has 2 N–H and O–H groups in total. The van der Waals surface area contributed by atoms with Gasteiger partial charge in [-0.05, 0) is 51.6 Å². The van der Waals surface area contributed by atoms with Crippen molar-refractivity contribution in [1.82, 2.24) is 20.5 Å². The summed E-state index contributed by atoms with van der Waals surface area (Å²) in [4.78, 5) is 12.0. The molecule has 1 unspecified atom stereocenters. The number of nitrogens with zero attached hydrogens (tertiary/aromatic N) is 3. The van der Waals surface area contributed by atoms with Gasteiger partial charge in [0.25, 0.3) is 0 Å². The van der Waals surface area contributed by atoms with E-state index in [2.05, 4.69) is 60.5 Å². The van der Waals surface area contributed by atoms with Crippen LogP contribution in [0.1, 0.15) is 64.1 Å². The molecule has 1 atom stereocenters. The SMILES string of the molecule is CCNC(=NCc1nc(C(C)C)cs1)NCC(C)N1CCC(C)CC1. The Morgan fingerprint density at radius 1 is 1.32 bits per heavy atom. The zero-order valence-corrected chi connectivity index (χ0v) is 17.3. The van der Waals surface area contributed by atoms with Crippen molar-refractivity contribution in [3.63, 3.8) is 0 Å². The zero-order chi connectivity index (χ0) is 18.2. The largest absolute Gasteiger partial charge is 0.357 e. The molecule has 2 rings (SSSR count). The minimum Gasteiger partial charge on any atom is -0.357 e. The van der Waals surface area contributed by atoms with Crippen LogP contribution < -0.4 is 10.6 Å². The highest BCUT2D eigenvalue weighted by Crippen LogP contribution is 2.19. The van der Waals surface area contributed by atoms with Gasteiger partial charge in [0.15, 0.2) is 5.96 Å². The molecule has 2 heterocycles. The number of piperidine rings is 1. The number of hydrogen-bond acceptors (Lipinski definition) is 4. The van der Waals surface area contributed by atoms with E-state index in [1.807, 2.05) is 0 Å². The van der Waals surface area contributed by atoms with Crippen molar-refractivity contribution < 1.29 is 0 Å². The molecule has 1 aromatic heterocycles. The maximum Gasteiger partial charge on any atom is 0.191 e. The Kier molecular flexibility index (Phi) is 8.16. The van der Waals surface area contributed by atoms with Gasteiger partial charge in [0.2, 0.25) is 0 Å². The van der Waals surface area contributed by atoms with Crippen molar-refractivity contribution in [2.24, 2.45) is 10.9 Å². The summed E-state index contributed by atoms with van der Waals surface area (Å²) in [7, 11) is 0. The predicted octanol–water partition coefficient (Wildman–Crippen LogP) is 3.44. The maximum atomic E-state index is 4.71. The number of nitrogens with one attached hydrogen (secondary N) is 2. The molecule has 0 aromatic carbocycles. The van der Waals surface area contributed by atoms with Crippen molar-refractivity contribution >= 4 is 17.3 Å². The van der Waals surface area contributed by atoms with E-state index in [-0.39, 0.29) is 0 Å². The van der Waals surface area contributed by atoms with Crippen LogP contribution in [0.2, 0.25) is 0 Å². The lowest BCUT2D eigenvalue weighted by atomic mass is 9.98. The van der Waals surface area contributed by atoms with E-state index in [1.165, 1.54) is 31.6 Å². The number of hydrogen-bond donors (Lipinski definition) is 2. The first kappa shape index (κ1) is 20.2. The van der Waals surface area contributed by atoms with Gasteiger partial charge < -0.3 is 10.6 Å². The van der Waals surface area contributed by atoms with Gasteiger partial charge in [-0.1, -0.05) is 20.8 Å². The Balaban J connectivity index is 1.84. The van der Waals surface area contributed by atoms with E-state index in [0.717, 1.165) is 30.0 Å². The number of thiazole rings is 1. The number of likely N-dealkylation sites (tertiary alicyclic amines) is 1. The lowest BCUT2D eigenvalue weighted by Gasteiger charge is -2.35. The van der Waals surface area contributed by atoms with Crippen LogP contribution in [0.5, 0.6) is 0 Å². The lowest BCUT2D eigenvalue weighted by Crippen LogP contribution is -2.48. The third kappa shape index (κ3) is 6.59. The van der Waals surface area contributed by atoms with Gasteiger partial charge in [-0.3, -0.25) is 4.90 Å². The second kappa shape index (κ2) is 10.1. The van der Waals surface area contributed by atoms with Gasteiger partial charge >= 0.3 is 0 Å². The van der Waals surface area contributed by atoms with Crippen LogP contribution >= 0.6 is 11.3 Å². The molecular formula is C19H35N5S. The number of rotatable bonds is 7. The lowest BCUT2D eigenvalue weighted by molar-refractivity contribution is 0.147. The topological polar surface area (TPSA) is 52.6 Å². The normalized spacial score (nSPS) is 18.6. The van der Waals surface area contributed by atoms with E-state index in [0.29, 0.717) is 18.5 Å². The standard InChI is InChI=1S/C19H35N5S/c1-6-20-19(22-12-18-23-17(13-25-18)14(2)3)21-11-16(5)24-9-7-15(4)8-10-24/h13-16H,6-12H2,1-5H3,(H2,20,21,22). The summed E-state index contributed by atoms with van der Waals surface area (Å²) >= 11 is 1.70. The molecule has 25 heavy (non-hydrogen) atoms. The van der Waals surface area contributed by atoms with Crippen molar-refractivity contribution in [1.29, 1.82) is 0 Å². The van der Waals surface area contributed by atoms with Gasteiger partial charge in [-0.25, -0.2) is 9.98 Å². The van der Waals surface area contributed by atoms with Gasteiger partial charge in [0.05, 0.1) is 12.2 Å². The Bertz CT molecular complexity index is 532. The molecule has 6 heteroatoms. The number of aliphatic imine (C=N–C) groups is 1. The van der Waals surface area contributed by atoms with Crippen LogP contribution in [0, 0.1) is 5.92 Å². The van der Waals surface area contributed by atoms with E-state index in [4.69, 9.17) is 4.99 Å².